The molecule has 0 bridgehead atoms. The maximum absolute atomic E-state index is 12.8. The summed E-state index contributed by atoms with van der Waals surface area (Å²) >= 11 is 0. The quantitative estimate of drug-likeness (QED) is 0.818. The number of aromatic amines is 1. The number of rotatable bonds is 2. The van der Waals surface area contributed by atoms with E-state index in [9.17, 15) is 18.1 Å². The number of nitrogens with one attached hydrogen (secondary N) is 1. The van der Waals surface area contributed by atoms with Crippen molar-refractivity contribution in [2.75, 3.05) is 0 Å². The van der Waals surface area contributed by atoms with Gasteiger partial charge < -0.3 is 0 Å². The van der Waals surface area contributed by atoms with Gasteiger partial charge in [-0.05, 0) is 29.4 Å². The third kappa shape index (κ3) is 2.17. The van der Waals surface area contributed by atoms with Gasteiger partial charge in [-0.25, -0.2) is 0 Å². The van der Waals surface area contributed by atoms with Crippen LogP contribution in [-0.2, 0) is 6.18 Å². The number of alkyl halides is 3. The molecule has 7 heteroatoms. The van der Waals surface area contributed by atoms with Crippen molar-refractivity contribution in [3.8, 4) is 11.3 Å². The first kappa shape index (κ1) is 11.3. The van der Waals surface area contributed by atoms with E-state index in [1.165, 1.54) is 24.4 Å². The van der Waals surface area contributed by atoms with E-state index in [-0.39, 0.29) is 16.9 Å². The Hall–Kier alpha value is -2.18. The molecule has 88 valence electrons. The minimum absolute atomic E-state index is 0.0915. The number of nitrogens with zero attached hydrogens (tertiary/aromatic N) is 2. The smallest absolute Gasteiger partial charge is 0.285 e. The maximum Gasteiger partial charge on any atom is 0.417 e. The number of nitroso groups, excluding NO2 is 1. The van der Waals surface area contributed by atoms with E-state index in [0.29, 0.717) is 6.07 Å². The van der Waals surface area contributed by atoms with Gasteiger partial charge in [0.05, 0.1) is 11.3 Å². The van der Waals surface area contributed by atoms with Gasteiger partial charge in [0.2, 0.25) is 0 Å². The number of halogens is 3. The van der Waals surface area contributed by atoms with Crippen molar-refractivity contribution < 1.29 is 13.2 Å². The minimum atomic E-state index is -4.56. The summed E-state index contributed by atoms with van der Waals surface area (Å²) in [4.78, 5) is 10.2. The number of aromatic nitrogens is 2. The Balaban J connectivity index is 2.63. The molecular formula is C10H6F3N3O. The molecule has 0 radical (unpaired) electrons. The molecule has 0 atom stereocenters. The molecule has 17 heavy (non-hydrogen) atoms. The van der Waals surface area contributed by atoms with E-state index in [2.05, 4.69) is 15.4 Å². The highest BCUT2D eigenvalue weighted by molar-refractivity contribution is 5.67. The van der Waals surface area contributed by atoms with Gasteiger partial charge in [0, 0.05) is 11.8 Å². The second-order valence-electron chi connectivity index (χ2n) is 3.28. The minimum Gasteiger partial charge on any atom is -0.285 e. The van der Waals surface area contributed by atoms with Crippen LogP contribution >= 0.6 is 0 Å². The largest absolute Gasteiger partial charge is 0.417 e. The average Bonchev–Trinajstić information content (AvgIpc) is 2.80. The van der Waals surface area contributed by atoms with E-state index in [0.717, 1.165) is 0 Å². The molecule has 2 rings (SSSR count). The summed E-state index contributed by atoms with van der Waals surface area (Å²) in [5, 5.41) is 8.60. The zero-order chi connectivity index (χ0) is 12.5. The lowest BCUT2D eigenvalue weighted by Gasteiger charge is -2.11. The van der Waals surface area contributed by atoms with E-state index in [4.69, 9.17) is 0 Å². The third-order valence-corrected chi connectivity index (χ3v) is 2.19. The average molecular weight is 241 g/mol. The van der Waals surface area contributed by atoms with Gasteiger partial charge >= 0.3 is 6.18 Å². The second kappa shape index (κ2) is 4.00. The van der Waals surface area contributed by atoms with Crippen molar-refractivity contribution in [1.29, 1.82) is 0 Å². The van der Waals surface area contributed by atoms with Crippen LogP contribution in [0.25, 0.3) is 11.3 Å². The molecule has 1 aromatic heterocycles. The Morgan fingerprint density at radius 1 is 1.24 bits per heavy atom. The summed E-state index contributed by atoms with van der Waals surface area (Å²) in [6.45, 7) is 0. The van der Waals surface area contributed by atoms with E-state index in [1.54, 1.807) is 0 Å². The maximum atomic E-state index is 12.8. The molecule has 1 aromatic carbocycles. The Morgan fingerprint density at radius 2 is 2.00 bits per heavy atom. The van der Waals surface area contributed by atoms with Crippen molar-refractivity contribution in [3.63, 3.8) is 0 Å². The Morgan fingerprint density at radius 3 is 2.53 bits per heavy atom. The van der Waals surface area contributed by atoms with Crippen molar-refractivity contribution in [2.45, 2.75) is 6.18 Å². The van der Waals surface area contributed by atoms with Gasteiger partial charge in [0.25, 0.3) is 0 Å². The summed E-state index contributed by atoms with van der Waals surface area (Å²) in [6, 6.07) is 4.51. The molecule has 0 aliphatic rings. The first-order valence-corrected chi connectivity index (χ1v) is 4.57. The number of hydrogen-bond donors (Lipinski definition) is 1. The normalized spacial score (nSPS) is 11.5. The molecule has 0 spiro atoms. The number of hydrogen-bond acceptors (Lipinski definition) is 3. The molecule has 1 heterocycles. The SMILES string of the molecule is O=Nc1ccc(-c2cc[nH]n2)c(C(F)(F)F)c1. The Labute approximate surface area is 93.4 Å². The van der Waals surface area contributed by atoms with Crippen LogP contribution in [0.2, 0.25) is 0 Å². The summed E-state index contributed by atoms with van der Waals surface area (Å²) in [7, 11) is 0. The topological polar surface area (TPSA) is 58.1 Å². The lowest BCUT2D eigenvalue weighted by atomic mass is 10.0. The highest BCUT2D eigenvalue weighted by Crippen LogP contribution is 2.38. The van der Waals surface area contributed by atoms with Gasteiger partial charge in [-0.1, -0.05) is 0 Å². The van der Waals surface area contributed by atoms with Crippen LogP contribution in [0.5, 0.6) is 0 Å². The predicted octanol–water partition coefficient (Wildman–Crippen LogP) is 3.49. The summed E-state index contributed by atoms with van der Waals surface area (Å²) in [5.41, 5.74) is -1.13. The van der Waals surface area contributed by atoms with Crippen molar-refractivity contribution in [3.05, 3.63) is 40.9 Å². The third-order valence-electron chi connectivity index (χ3n) is 2.19. The van der Waals surface area contributed by atoms with Crippen LogP contribution in [0, 0.1) is 4.91 Å². The first-order chi connectivity index (χ1) is 8.02. The Bertz CT molecular complexity index is 534. The highest BCUT2D eigenvalue weighted by Gasteiger charge is 2.34. The molecule has 0 aliphatic heterocycles. The van der Waals surface area contributed by atoms with E-state index in [1.807, 2.05) is 0 Å². The monoisotopic (exact) mass is 241 g/mol. The lowest BCUT2D eigenvalue weighted by molar-refractivity contribution is -0.137. The molecule has 0 unspecified atom stereocenters. The summed E-state index contributed by atoms with van der Waals surface area (Å²) < 4.78 is 38.3. The molecule has 0 saturated carbocycles. The fourth-order valence-corrected chi connectivity index (χ4v) is 1.46. The molecule has 4 nitrogen and oxygen atoms in total. The second-order valence-corrected chi connectivity index (χ2v) is 3.28. The molecule has 0 amide bonds. The van der Waals surface area contributed by atoms with Crippen LogP contribution in [-0.4, -0.2) is 10.2 Å². The summed E-state index contributed by atoms with van der Waals surface area (Å²) in [6.07, 6.45) is -3.14. The van der Waals surface area contributed by atoms with Gasteiger partial charge in [0.15, 0.2) is 0 Å². The van der Waals surface area contributed by atoms with Gasteiger partial charge in [-0.2, -0.15) is 18.3 Å². The van der Waals surface area contributed by atoms with Crippen LogP contribution in [0.3, 0.4) is 0 Å². The molecule has 0 aliphatic carbocycles. The van der Waals surface area contributed by atoms with Gasteiger partial charge in [0.1, 0.15) is 5.69 Å². The zero-order valence-corrected chi connectivity index (χ0v) is 8.32. The van der Waals surface area contributed by atoms with Gasteiger partial charge in [-0.15, -0.1) is 4.91 Å². The van der Waals surface area contributed by atoms with Crippen LogP contribution in [0.15, 0.2) is 35.6 Å². The van der Waals surface area contributed by atoms with Crippen LogP contribution < -0.4 is 0 Å². The molecule has 2 aromatic rings. The lowest BCUT2D eigenvalue weighted by Crippen LogP contribution is -2.07. The number of benzene rings is 1. The molecule has 1 N–H and O–H groups in total. The van der Waals surface area contributed by atoms with Crippen LogP contribution in [0.1, 0.15) is 5.56 Å². The summed E-state index contributed by atoms with van der Waals surface area (Å²) in [5.74, 6) is 0. The van der Waals surface area contributed by atoms with Crippen molar-refractivity contribution in [1.82, 2.24) is 10.2 Å². The number of H-pyrrole nitrogens is 1. The molecular weight excluding hydrogens is 235 g/mol. The Kier molecular flexibility index (Phi) is 2.66. The first-order valence-electron chi connectivity index (χ1n) is 4.57. The van der Waals surface area contributed by atoms with Crippen molar-refractivity contribution in [2.24, 2.45) is 5.18 Å². The van der Waals surface area contributed by atoms with E-state index < -0.39 is 11.7 Å². The molecule has 0 saturated heterocycles. The molecule has 0 fully saturated rings. The standard InChI is InChI=1S/C10H6F3N3O/c11-10(12,13)8-5-6(16-17)1-2-7(8)9-3-4-14-15-9/h1-5H,(H,14,15). The fourth-order valence-electron chi connectivity index (χ4n) is 1.46. The van der Waals surface area contributed by atoms with Crippen LogP contribution in [0.4, 0.5) is 18.9 Å². The van der Waals surface area contributed by atoms with Crippen molar-refractivity contribution >= 4 is 5.69 Å². The zero-order valence-electron chi connectivity index (χ0n) is 8.32. The predicted molar refractivity (Wildman–Crippen MR) is 54.5 cm³/mol. The van der Waals surface area contributed by atoms with Gasteiger partial charge in [-0.3, -0.25) is 5.10 Å². The fraction of sp³-hybridized carbons (Fsp3) is 0.100. The highest BCUT2D eigenvalue weighted by atomic mass is 19.4. The van der Waals surface area contributed by atoms with E-state index >= 15 is 0 Å².